The molecule has 0 saturated heterocycles. The third-order valence-corrected chi connectivity index (χ3v) is 4.49. The van der Waals surface area contributed by atoms with Gasteiger partial charge < -0.3 is 0 Å². The molecule has 0 N–H and O–H groups in total. The van der Waals surface area contributed by atoms with Crippen LogP contribution < -0.4 is 0 Å². The number of nitrogens with zero attached hydrogens (tertiary/aromatic N) is 1. The summed E-state index contributed by atoms with van der Waals surface area (Å²) in [4.78, 5) is 17.6. The Kier molecular flexibility index (Phi) is 2.93. The Morgan fingerprint density at radius 2 is 2.22 bits per heavy atom. The zero-order chi connectivity index (χ0) is 12.5. The first kappa shape index (κ1) is 11.5. The largest absolute Gasteiger partial charge is 0.293 e. The van der Waals surface area contributed by atoms with Crippen LogP contribution in [0.15, 0.2) is 36.0 Å². The summed E-state index contributed by atoms with van der Waals surface area (Å²) >= 11 is 2.80. The number of carbonyl (C=O) groups is 1. The van der Waals surface area contributed by atoms with E-state index in [1.54, 1.807) is 17.8 Å². The highest BCUT2D eigenvalue weighted by Gasteiger charge is 2.12. The van der Waals surface area contributed by atoms with E-state index in [-0.39, 0.29) is 11.6 Å². The predicted molar refractivity (Wildman–Crippen MR) is 71.9 cm³/mol. The lowest BCUT2D eigenvalue weighted by Crippen LogP contribution is -1.98. The molecule has 0 amide bonds. The van der Waals surface area contributed by atoms with Gasteiger partial charge in [0.05, 0.1) is 10.4 Å². The van der Waals surface area contributed by atoms with E-state index < -0.39 is 0 Å². The van der Waals surface area contributed by atoms with Gasteiger partial charge in [0.15, 0.2) is 5.78 Å². The van der Waals surface area contributed by atoms with Gasteiger partial charge in [0, 0.05) is 22.2 Å². The number of hydrogen-bond acceptors (Lipinski definition) is 4. The van der Waals surface area contributed by atoms with Gasteiger partial charge in [-0.05, 0) is 23.6 Å². The van der Waals surface area contributed by atoms with Crippen molar-refractivity contribution >= 4 is 38.5 Å². The van der Waals surface area contributed by atoms with Gasteiger partial charge in [-0.15, -0.1) is 22.7 Å². The molecule has 2 heterocycles. The highest BCUT2D eigenvalue weighted by Crippen LogP contribution is 2.27. The maximum Gasteiger partial charge on any atom is 0.178 e. The SMILES string of the molecule is O=C(Cc1cncs1)c1cc2ccc(F)cc2s1. The van der Waals surface area contributed by atoms with E-state index in [4.69, 9.17) is 0 Å². The van der Waals surface area contributed by atoms with Crippen LogP contribution in [0.25, 0.3) is 10.1 Å². The van der Waals surface area contributed by atoms with Gasteiger partial charge in [0.25, 0.3) is 0 Å². The number of benzene rings is 1. The number of aromatic nitrogens is 1. The Morgan fingerprint density at radius 1 is 1.33 bits per heavy atom. The molecule has 0 unspecified atom stereocenters. The molecule has 0 saturated carbocycles. The number of ketones is 1. The highest BCUT2D eigenvalue weighted by molar-refractivity contribution is 7.20. The third kappa shape index (κ3) is 2.19. The Labute approximate surface area is 111 Å². The van der Waals surface area contributed by atoms with E-state index >= 15 is 0 Å². The topological polar surface area (TPSA) is 30.0 Å². The van der Waals surface area contributed by atoms with Crippen molar-refractivity contribution < 1.29 is 9.18 Å². The van der Waals surface area contributed by atoms with E-state index in [1.165, 1.54) is 34.8 Å². The standard InChI is InChI=1S/C13H8FNOS2/c14-9-2-1-8-3-13(18-12(8)4-9)11(16)5-10-6-15-7-17-10/h1-4,6-7H,5H2. The number of halogens is 1. The molecule has 3 aromatic rings. The van der Waals surface area contributed by atoms with Crippen LogP contribution in [0.2, 0.25) is 0 Å². The maximum atomic E-state index is 13.1. The number of carbonyl (C=O) groups excluding carboxylic acids is 1. The third-order valence-electron chi connectivity index (χ3n) is 2.58. The molecule has 5 heteroatoms. The Hall–Kier alpha value is -1.59. The zero-order valence-electron chi connectivity index (χ0n) is 9.22. The molecule has 0 spiro atoms. The smallest absolute Gasteiger partial charge is 0.178 e. The fraction of sp³-hybridized carbons (Fsp3) is 0.0769. The van der Waals surface area contributed by atoms with Crippen molar-refractivity contribution in [2.75, 3.05) is 0 Å². The maximum absolute atomic E-state index is 13.1. The van der Waals surface area contributed by atoms with Crippen molar-refractivity contribution in [3.8, 4) is 0 Å². The fourth-order valence-corrected chi connectivity index (χ4v) is 3.34. The van der Waals surface area contributed by atoms with Crippen molar-refractivity contribution in [3.05, 3.63) is 51.5 Å². The van der Waals surface area contributed by atoms with Crippen LogP contribution >= 0.6 is 22.7 Å². The van der Waals surface area contributed by atoms with Crippen LogP contribution in [0.1, 0.15) is 14.5 Å². The van der Waals surface area contributed by atoms with Gasteiger partial charge in [-0.2, -0.15) is 0 Å². The first-order chi connectivity index (χ1) is 8.72. The molecule has 0 radical (unpaired) electrons. The number of hydrogen-bond donors (Lipinski definition) is 0. The lowest BCUT2D eigenvalue weighted by Gasteiger charge is -1.92. The van der Waals surface area contributed by atoms with Crippen molar-refractivity contribution in [1.82, 2.24) is 4.98 Å². The molecular weight excluding hydrogens is 269 g/mol. The molecule has 0 bridgehead atoms. The number of thiazole rings is 1. The molecular formula is C13H8FNOS2. The Morgan fingerprint density at radius 3 is 3.00 bits per heavy atom. The molecule has 3 rings (SSSR count). The monoisotopic (exact) mass is 277 g/mol. The molecule has 0 aliphatic rings. The van der Waals surface area contributed by atoms with E-state index in [2.05, 4.69) is 4.98 Å². The first-order valence-corrected chi connectivity index (χ1v) is 7.01. The molecule has 90 valence electrons. The molecule has 0 aliphatic carbocycles. The average Bonchev–Trinajstić information content (AvgIpc) is 2.96. The van der Waals surface area contributed by atoms with E-state index in [1.807, 2.05) is 6.07 Å². The summed E-state index contributed by atoms with van der Waals surface area (Å²) in [5.74, 6) is -0.216. The molecule has 1 aromatic carbocycles. The van der Waals surface area contributed by atoms with Crippen LogP contribution in [0.4, 0.5) is 4.39 Å². The van der Waals surface area contributed by atoms with Crippen molar-refractivity contribution in [2.24, 2.45) is 0 Å². The minimum atomic E-state index is -0.272. The summed E-state index contributed by atoms with van der Waals surface area (Å²) in [7, 11) is 0. The van der Waals surface area contributed by atoms with Gasteiger partial charge in [0.2, 0.25) is 0 Å². The second kappa shape index (κ2) is 4.59. The summed E-state index contributed by atoms with van der Waals surface area (Å²) in [5, 5.41) is 0.911. The zero-order valence-corrected chi connectivity index (χ0v) is 10.9. The normalized spacial score (nSPS) is 10.9. The molecule has 2 aromatic heterocycles. The number of thiophene rings is 1. The molecule has 18 heavy (non-hydrogen) atoms. The second-order valence-electron chi connectivity index (χ2n) is 3.86. The van der Waals surface area contributed by atoms with E-state index in [0.29, 0.717) is 11.3 Å². The number of fused-ring (bicyclic) bond motifs is 1. The van der Waals surface area contributed by atoms with Crippen molar-refractivity contribution in [1.29, 1.82) is 0 Å². The van der Waals surface area contributed by atoms with Gasteiger partial charge >= 0.3 is 0 Å². The quantitative estimate of drug-likeness (QED) is 0.679. The van der Waals surface area contributed by atoms with Crippen LogP contribution in [-0.4, -0.2) is 10.8 Å². The lowest BCUT2D eigenvalue weighted by molar-refractivity contribution is 0.0997. The van der Waals surface area contributed by atoms with Gasteiger partial charge in [-0.1, -0.05) is 6.07 Å². The van der Waals surface area contributed by atoms with Crippen LogP contribution in [0.3, 0.4) is 0 Å². The summed E-state index contributed by atoms with van der Waals surface area (Å²) in [5.41, 5.74) is 1.71. The van der Waals surface area contributed by atoms with Crippen LogP contribution in [0, 0.1) is 5.82 Å². The fourth-order valence-electron chi connectivity index (χ4n) is 1.72. The first-order valence-electron chi connectivity index (χ1n) is 5.32. The Bertz CT molecular complexity index is 703. The second-order valence-corrected chi connectivity index (χ2v) is 5.92. The minimum absolute atomic E-state index is 0.0564. The number of Topliss-reactive ketones (excluding diaryl/α,β-unsaturated/α-hetero) is 1. The summed E-state index contributed by atoms with van der Waals surface area (Å²) in [6.07, 6.45) is 2.07. The molecule has 2 nitrogen and oxygen atoms in total. The summed E-state index contributed by atoms with van der Waals surface area (Å²) < 4.78 is 13.9. The molecule has 0 fully saturated rings. The van der Waals surface area contributed by atoms with Crippen molar-refractivity contribution in [2.45, 2.75) is 6.42 Å². The van der Waals surface area contributed by atoms with Crippen molar-refractivity contribution in [3.63, 3.8) is 0 Å². The highest BCUT2D eigenvalue weighted by atomic mass is 32.1. The van der Waals surface area contributed by atoms with Gasteiger partial charge in [-0.3, -0.25) is 9.78 Å². The van der Waals surface area contributed by atoms with Gasteiger partial charge in [-0.25, -0.2) is 4.39 Å². The van der Waals surface area contributed by atoms with Gasteiger partial charge in [0.1, 0.15) is 5.82 Å². The summed E-state index contributed by atoms with van der Waals surface area (Å²) in [6.45, 7) is 0. The summed E-state index contributed by atoms with van der Waals surface area (Å²) in [6, 6.07) is 6.39. The predicted octanol–water partition coefficient (Wildman–Crippen LogP) is 3.92. The van der Waals surface area contributed by atoms with Crippen LogP contribution in [-0.2, 0) is 6.42 Å². The minimum Gasteiger partial charge on any atom is -0.293 e. The Balaban J connectivity index is 1.92. The van der Waals surface area contributed by atoms with Crippen LogP contribution in [0.5, 0.6) is 0 Å². The lowest BCUT2D eigenvalue weighted by atomic mass is 10.2. The number of rotatable bonds is 3. The van der Waals surface area contributed by atoms with E-state index in [9.17, 15) is 9.18 Å². The molecule has 0 aliphatic heterocycles. The molecule has 0 atom stereocenters. The van der Waals surface area contributed by atoms with E-state index in [0.717, 1.165) is 15.0 Å². The average molecular weight is 277 g/mol.